The molecule has 2 fully saturated rings. The highest BCUT2D eigenvalue weighted by Crippen LogP contribution is 2.38. The van der Waals surface area contributed by atoms with Gasteiger partial charge in [-0.1, -0.05) is 86.8 Å². The normalized spacial score (nSPS) is 31.6. The number of nitrogens with two attached hydrogens (primary N) is 1. The van der Waals surface area contributed by atoms with Crippen molar-refractivity contribution in [2.75, 3.05) is 0 Å². The van der Waals surface area contributed by atoms with E-state index in [0.29, 0.717) is 0 Å². The van der Waals surface area contributed by atoms with Crippen molar-refractivity contribution in [1.29, 1.82) is 0 Å². The molecule has 0 aromatic carbocycles. The quantitative estimate of drug-likeness (QED) is 0.0407. The zero-order valence-electron chi connectivity index (χ0n) is 38.4. The number of carbonyl (C=O) groups excluding carboxylic acids is 1. The van der Waals surface area contributed by atoms with E-state index in [1.165, 1.54) is 13.0 Å². The Bertz CT molecular complexity index is 1590. The molecule has 2 aliphatic heterocycles. The molecule has 2 heterocycles. The minimum absolute atomic E-state index is 0.107. The van der Waals surface area contributed by atoms with Gasteiger partial charge in [-0.25, -0.2) is 0 Å². The summed E-state index contributed by atoms with van der Waals surface area (Å²) in [6.45, 7) is 10.5. The zero-order valence-corrected chi connectivity index (χ0v) is 38.4. The highest BCUT2D eigenvalue weighted by atomic mass is 16.7. The van der Waals surface area contributed by atoms with Crippen molar-refractivity contribution in [3.63, 3.8) is 0 Å². The van der Waals surface area contributed by atoms with Crippen molar-refractivity contribution >= 4 is 11.9 Å². The van der Waals surface area contributed by atoms with E-state index in [-0.39, 0.29) is 31.6 Å². The fourth-order valence-corrected chi connectivity index (χ4v) is 7.81. The maximum Gasteiger partial charge on any atom is 0.311 e. The number of carboxylic acids is 1. The number of ether oxygens (including phenoxy) is 4. The van der Waals surface area contributed by atoms with Gasteiger partial charge in [0.15, 0.2) is 12.1 Å². The number of esters is 1. The molecule has 18 nitrogen and oxygen atoms in total. The van der Waals surface area contributed by atoms with Gasteiger partial charge in [0, 0.05) is 37.5 Å². The van der Waals surface area contributed by atoms with E-state index in [1.807, 2.05) is 57.2 Å². The van der Waals surface area contributed by atoms with Crippen molar-refractivity contribution in [1.82, 2.24) is 0 Å². The summed E-state index contributed by atoms with van der Waals surface area (Å²) < 4.78 is 23.0. The van der Waals surface area contributed by atoms with Crippen LogP contribution in [0.5, 0.6) is 0 Å². The van der Waals surface area contributed by atoms with Gasteiger partial charge in [-0.3, -0.25) is 9.59 Å². The Morgan fingerprint density at radius 2 is 1.40 bits per heavy atom. The first-order chi connectivity index (χ1) is 30.5. The summed E-state index contributed by atoms with van der Waals surface area (Å²) in [6.07, 6.45) is 0.444. The molecule has 13 N–H and O–H groups in total. The summed E-state index contributed by atoms with van der Waals surface area (Å²) in [5, 5.41) is 118. The molecule has 18 heteroatoms. The lowest BCUT2D eigenvalue weighted by atomic mass is 9.82. The van der Waals surface area contributed by atoms with Gasteiger partial charge in [-0.2, -0.15) is 0 Å². The van der Waals surface area contributed by atoms with E-state index >= 15 is 0 Å². The van der Waals surface area contributed by atoms with Crippen molar-refractivity contribution in [3.8, 4) is 0 Å². The first kappa shape index (κ1) is 57.9. The van der Waals surface area contributed by atoms with Crippen molar-refractivity contribution in [3.05, 3.63) is 72.9 Å². The molecule has 0 aromatic heterocycles. The van der Waals surface area contributed by atoms with E-state index < -0.39 is 147 Å². The van der Waals surface area contributed by atoms with Crippen LogP contribution < -0.4 is 5.73 Å². The number of allylic oxidation sites excluding steroid dienone is 10. The summed E-state index contributed by atoms with van der Waals surface area (Å²) in [7, 11) is 0. The Balaban J connectivity index is 1.97. The molecular weight excluding hydrogens is 851 g/mol. The number of aliphatic hydroxyl groups excluding tert-OH is 9. The molecule has 0 spiro atoms. The molecule has 0 radical (unpaired) electrons. The number of carbonyl (C=O) groups is 2. The van der Waals surface area contributed by atoms with Crippen LogP contribution in [0.15, 0.2) is 72.9 Å². The summed E-state index contributed by atoms with van der Waals surface area (Å²) in [5.41, 5.74) is 5.98. The number of carboxylic acid groups (broad SMARTS) is 1. The Kier molecular flexibility index (Phi) is 25.7. The van der Waals surface area contributed by atoms with Crippen molar-refractivity contribution in [2.24, 2.45) is 23.5 Å². The lowest BCUT2D eigenvalue weighted by Gasteiger charge is -2.45. The average molecular weight is 928 g/mol. The predicted molar refractivity (Wildman–Crippen MR) is 239 cm³/mol. The maximum absolute atomic E-state index is 12.6. The Morgan fingerprint density at radius 1 is 0.800 bits per heavy atom. The predicted octanol–water partition coefficient (Wildman–Crippen LogP) is 1.18. The molecule has 0 amide bonds. The fourth-order valence-electron chi connectivity index (χ4n) is 7.81. The molecule has 0 aliphatic carbocycles. The fraction of sp³-hybridized carbons (Fsp3) is 0.702. The van der Waals surface area contributed by atoms with Gasteiger partial charge in [0.05, 0.1) is 79.6 Å². The highest BCUT2D eigenvalue weighted by Gasteiger charge is 2.51. The summed E-state index contributed by atoms with van der Waals surface area (Å²) in [4.78, 5) is 25.0. The van der Waals surface area contributed by atoms with Crippen LogP contribution in [0.25, 0.3) is 0 Å². The second-order valence-electron chi connectivity index (χ2n) is 17.5. The first-order valence-corrected chi connectivity index (χ1v) is 22.5. The van der Waals surface area contributed by atoms with Gasteiger partial charge in [0.2, 0.25) is 0 Å². The second-order valence-corrected chi connectivity index (χ2v) is 17.5. The van der Waals surface area contributed by atoms with Crippen LogP contribution in [0.4, 0.5) is 0 Å². The minimum atomic E-state index is -2.32. The molecule has 372 valence electrons. The number of hydrogen-bond donors (Lipinski definition) is 12. The molecule has 19 atom stereocenters. The van der Waals surface area contributed by atoms with Crippen LogP contribution in [-0.2, 0) is 28.5 Å². The highest BCUT2D eigenvalue weighted by molar-refractivity contribution is 5.71. The summed E-state index contributed by atoms with van der Waals surface area (Å²) >= 11 is 0. The largest absolute Gasteiger partial charge is 0.481 e. The molecule has 0 bridgehead atoms. The van der Waals surface area contributed by atoms with Gasteiger partial charge < -0.3 is 80.9 Å². The van der Waals surface area contributed by atoms with Crippen LogP contribution in [0.2, 0.25) is 0 Å². The third-order valence-corrected chi connectivity index (χ3v) is 11.9. The van der Waals surface area contributed by atoms with E-state index in [2.05, 4.69) is 0 Å². The second kappa shape index (κ2) is 28.9. The van der Waals surface area contributed by atoms with Crippen LogP contribution in [0, 0.1) is 17.8 Å². The van der Waals surface area contributed by atoms with Gasteiger partial charge in [0.25, 0.3) is 0 Å². The molecule has 0 saturated carbocycles. The van der Waals surface area contributed by atoms with Gasteiger partial charge >= 0.3 is 11.9 Å². The van der Waals surface area contributed by atoms with Crippen molar-refractivity contribution < 1.29 is 84.7 Å². The summed E-state index contributed by atoms with van der Waals surface area (Å²) in [6, 6.07) is -1.13. The smallest absolute Gasteiger partial charge is 0.311 e. The zero-order chi connectivity index (χ0) is 49.0. The summed E-state index contributed by atoms with van der Waals surface area (Å²) in [5.74, 6) is -6.72. The standard InChI is InChI=1S/C47H77NO17/c1-7-9-11-13-15-17-27(3)42(56)28(4)29(5)62-39(55)23-32(50)21-31(49)19-20-35(52)36(53)22-33(51)25-47(61)26-37(54)40(45(59)60)38(65-47)24-34(18-16-14-12-10-8-2)64-46-44(58)41(48)43(57)30(6)63-46/h7-18,27-38,40-44,46,49-54,56-58,61H,19-26,48H2,1-6H3,(H,59,60)/b9-7+,10-8+,13-11+,14-12+,17-15+,18-16+/t27-,28-,29-,30+,31+,32+,33-,34-,35+,36+,37-,38?,40+,41-,42+,43+,44-,46-,47+/m0/s1. The topological polar surface area (TPSA) is 320 Å². The first-order valence-electron chi connectivity index (χ1n) is 22.5. The monoisotopic (exact) mass is 928 g/mol. The molecule has 2 saturated heterocycles. The molecule has 2 rings (SSSR count). The van der Waals surface area contributed by atoms with Crippen LogP contribution in [0.1, 0.15) is 92.9 Å². The number of aliphatic hydroxyl groups is 10. The van der Waals surface area contributed by atoms with Gasteiger partial charge in [-0.05, 0) is 47.0 Å². The van der Waals surface area contributed by atoms with Crippen LogP contribution in [-0.4, -0.2) is 166 Å². The number of aliphatic carboxylic acids is 1. The van der Waals surface area contributed by atoms with Gasteiger partial charge in [0.1, 0.15) is 18.1 Å². The van der Waals surface area contributed by atoms with E-state index in [0.717, 1.165) is 0 Å². The van der Waals surface area contributed by atoms with Crippen LogP contribution >= 0.6 is 0 Å². The van der Waals surface area contributed by atoms with Crippen LogP contribution in [0.3, 0.4) is 0 Å². The van der Waals surface area contributed by atoms with E-state index in [9.17, 15) is 65.8 Å². The Morgan fingerprint density at radius 3 is 2.00 bits per heavy atom. The van der Waals surface area contributed by atoms with Gasteiger partial charge in [-0.15, -0.1) is 0 Å². The molecule has 65 heavy (non-hydrogen) atoms. The minimum Gasteiger partial charge on any atom is -0.481 e. The molecule has 2 aliphatic rings. The Labute approximate surface area is 382 Å². The average Bonchev–Trinajstić information content (AvgIpc) is 3.22. The SMILES string of the molecule is C/C=C/C=C/C=C/[C@@H](CC1O[C@](O)(C[C@@H](O)C[C@@H](O)[C@H](O)CC[C@@H](O)C[C@@H](O)CC(=O)O[C@@H](C)[C@H](C)[C@H](O)[C@@H](C)/C=C/C=C/C=C/C)C[C@H](O)[C@H]1C(=O)O)O[C@@H]1O[C@H](C)[C@@H](O)[C@H](N)[C@@H]1O. The van der Waals surface area contributed by atoms with Crippen molar-refractivity contribution in [2.45, 2.75) is 190 Å². The van der Waals surface area contributed by atoms with E-state index in [4.69, 9.17) is 24.7 Å². The Hall–Kier alpha value is -3.18. The molecular formula is C47H77NO17. The number of rotatable bonds is 27. The molecule has 0 aromatic rings. The maximum atomic E-state index is 12.6. The third kappa shape index (κ3) is 19.9. The third-order valence-electron chi connectivity index (χ3n) is 11.9. The van der Waals surface area contributed by atoms with E-state index in [1.54, 1.807) is 44.2 Å². The lowest BCUT2D eigenvalue weighted by molar-refractivity contribution is -0.308. The lowest BCUT2D eigenvalue weighted by Crippen LogP contribution is -2.61. The molecule has 1 unspecified atom stereocenters. The number of hydrogen-bond acceptors (Lipinski definition) is 17.